The van der Waals surface area contributed by atoms with Crippen molar-refractivity contribution in [1.29, 1.82) is 0 Å². The van der Waals surface area contributed by atoms with Gasteiger partial charge in [-0.1, -0.05) is 6.07 Å². The van der Waals surface area contributed by atoms with Gasteiger partial charge in [-0.3, -0.25) is 4.79 Å². The lowest BCUT2D eigenvalue weighted by Gasteiger charge is -2.10. The quantitative estimate of drug-likeness (QED) is 0.742. The fourth-order valence-corrected chi connectivity index (χ4v) is 2.37. The highest BCUT2D eigenvalue weighted by Gasteiger charge is 2.14. The Bertz CT molecular complexity index is 924. The third kappa shape index (κ3) is 4.02. The number of ether oxygens (including phenoxy) is 1. The van der Waals surface area contributed by atoms with Gasteiger partial charge in [0, 0.05) is 11.6 Å². The molecule has 0 saturated carbocycles. The van der Waals surface area contributed by atoms with Crippen molar-refractivity contribution in [2.75, 3.05) is 5.32 Å². The van der Waals surface area contributed by atoms with Gasteiger partial charge >= 0.3 is 6.61 Å². The molecular weight excluding hydrogens is 347 g/mol. The van der Waals surface area contributed by atoms with Crippen LogP contribution in [-0.2, 0) is 0 Å². The zero-order valence-electron chi connectivity index (χ0n) is 13.6. The smallest absolute Gasteiger partial charge is 0.387 e. The van der Waals surface area contributed by atoms with E-state index in [4.69, 9.17) is 0 Å². The predicted molar refractivity (Wildman–Crippen MR) is 89.3 cm³/mol. The van der Waals surface area contributed by atoms with Gasteiger partial charge < -0.3 is 10.1 Å². The van der Waals surface area contributed by atoms with Crippen molar-refractivity contribution in [3.05, 3.63) is 71.7 Å². The van der Waals surface area contributed by atoms with Crippen molar-refractivity contribution in [3.8, 4) is 11.4 Å². The minimum absolute atomic E-state index is 0.115. The summed E-state index contributed by atoms with van der Waals surface area (Å²) in [5.41, 5.74) is 1.34. The molecule has 3 rings (SSSR count). The number of hydrogen-bond donors (Lipinski definition) is 1. The maximum atomic E-state index is 13.1. The molecule has 0 aliphatic rings. The molecule has 1 N–H and O–H groups in total. The lowest BCUT2D eigenvalue weighted by molar-refractivity contribution is -0.0498. The van der Waals surface area contributed by atoms with E-state index in [-0.39, 0.29) is 17.1 Å². The molecule has 1 heterocycles. The first-order valence-corrected chi connectivity index (χ1v) is 7.61. The number of carbonyl (C=O) groups is 1. The molecule has 134 valence electrons. The molecule has 0 bridgehead atoms. The second-order valence-electron chi connectivity index (χ2n) is 5.42. The van der Waals surface area contributed by atoms with Crippen molar-refractivity contribution in [3.63, 3.8) is 0 Å². The third-order valence-electron chi connectivity index (χ3n) is 3.47. The summed E-state index contributed by atoms with van der Waals surface area (Å²) in [5, 5.41) is 6.94. The maximum Gasteiger partial charge on any atom is 0.387 e. The van der Waals surface area contributed by atoms with Crippen LogP contribution in [0.15, 0.2) is 54.6 Å². The zero-order valence-corrected chi connectivity index (χ0v) is 13.6. The average Bonchev–Trinajstić information content (AvgIpc) is 2.95. The normalized spacial score (nSPS) is 10.8. The van der Waals surface area contributed by atoms with Gasteiger partial charge in [0.25, 0.3) is 5.91 Å². The fraction of sp³-hybridized carbons (Fsp3) is 0.111. The van der Waals surface area contributed by atoms with E-state index in [1.54, 1.807) is 13.0 Å². The highest BCUT2D eigenvalue weighted by atomic mass is 19.3. The summed E-state index contributed by atoms with van der Waals surface area (Å²) in [6.07, 6.45) is 0. The number of halogens is 3. The fourth-order valence-electron chi connectivity index (χ4n) is 2.37. The molecule has 1 amide bonds. The van der Waals surface area contributed by atoms with Gasteiger partial charge in [-0.15, -0.1) is 0 Å². The number of amides is 1. The third-order valence-corrected chi connectivity index (χ3v) is 3.47. The molecule has 8 heteroatoms. The zero-order chi connectivity index (χ0) is 18.7. The Morgan fingerprint density at radius 2 is 1.88 bits per heavy atom. The van der Waals surface area contributed by atoms with E-state index in [0.29, 0.717) is 17.2 Å². The number of aromatic nitrogens is 2. The molecule has 3 aromatic rings. The number of alkyl halides is 2. The first-order chi connectivity index (χ1) is 12.4. The number of hydrogen-bond acceptors (Lipinski definition) is 3. The van der Waals surface area contributed by atoms with Crippen LogP contribution < -0.4 is 10.1 Å². The van der Waals surface area contributed by atoms with Crippen LogP contribution in [-0.4, -0.2) is 22.3 Å². The van der Waals surface area contributed by atoms with Crippen LogP contribution in [0.4, 0.5) is 19.0 Å². The van der Waals surface area contributed by atoms with Gasteiger partial charge in [0.1, 0.15) is 17.4 Å². The van der Waals surface area contributed by atoms with E-state index in [1.807, 2.05) is 0 Å². The van der Waals surface area contributed by atoms with Crippen LogP contribution in [0, 0.1) is 12.7 Å². The van der Waals surface area contributed by atoms with E-state index < -0.39 is 12.5 Å². The molecule has 0 atom stereocenters. The van der Waals surface area contributed by atoms with E-state index in [9.17, 15) is 18.0 Å². The van der Waals surface area contributed by atoms with Crippen LogP contribution >= 0.6 is 0 Å². The Hall–Kier alpha value is -3.29. The number of benzene rings is 2. The summed E-state index contributed by atoms with van der Waals surface area (Å²) in [7, 11) is 0. The molecule has 0 aliphatic heterocycles. The summed E-state index contributed by atoms with van der Waals surface area (Å²) < 4.78 is 43.5. The lowest BCUT2D eigenvalue weighted by Crippen LogP contribution is -2.15. The van der Waals surface area contributed by atoms with Crippen molar-refractivity contribution in [2.45, 2.75) is 13.5 Å². The first kappa shape index (κ1) is 17.5. The van der Waals surface area contributed by atoms with E-state index >= 15 is 0 Å². The van der Waals surface area contributed by atoms with Gasteiger partial charge in [-0.25, -0.2) is 9.07 Å². The minimum Gasteiger partial charge on any atom is -0.435 e. The largest absolute Gasteiger partial charge is 0.435 e. The maximum absolute atomic E-state index is 13.1. The Morgan fingerprint density at radius 1 is 1.15 bits per heavy atom. The molecule has 0 spiro atoms. The van der Waals surface area contributed by atoms with Crippen LogP contribution in [0.2, 0.25) is 0 Å². The lowest BCUT2D eigenvalue weighted by atomic mass is 10.2. The van der Waals surface area contributed by atoms with Gasteiger partial charge in [0.15, 0.2) is 0 Å². The number of anilines is 1. The number of rotatable bonds is 5. The second-order valence-corrected chi connectivity index (χ2v) is 5.42. The Balaban J connectivity index is 1.85. The minimum atomic E-state index is -2.98. The van der Waals surface area contributed by atoms with Gasteiger partial charge in [-0.2, -0.15) is 13.9 Å². The summed E-state index contributed by atoms with van der Waals surface area (Å²) in [5.74, 6) is -0.665. The van der Waals surface area contributed by atoms with Crippen LogP contribution in [0.5, 0.6) is 5.75 Å². The van der Waals surface area contributed by atoms with Crippen molar-refractivity contribution >= 4 is 11.7 Å². The van der Waals surface area contributed by atoms with Crippen molar-refractivity contribution < 1.29 is 22.7 Å². The molecule has 1 aromatic heterocycles. The van der Waals surface area contributed by atoms with Gasteiger partial charge in [0.05, 0.1) is 11.4 Å². The molecule has 0 saturated heterocycles. The van der Waals surface area contributed by atoms with Crippen LogP contribution in [0.25, 0.3) is 5.69 Å². The standard InChI is InChI=1S/C18H14F3N3O2/c1-11-9-16(24(23-11)14-7-5-13(19)6-8-14)22-17(25)12-3-2-4-15(10-12)26-18(20)21/h2-10,18H,1H3,(H,22,25). The van der Waals surface area contributed by atoms with Crippen molar-refractivity contribution in [2.24, 2.45) is 0 Å². The highest BCUT2D eigenvalue weighted by molar-refractivity contribution is 6.04. The Morgan fingerprint density at radius 3 is 2.58 bits per heavy atom. The number of nitrogens with zero attached hydrogens (tertiary/aromatic N) is 2. The summed E-state index contributed by atoms with van der Waals surface area (Å²) in [6, 6.07) is 12.7. The van der Waals surface area contributed by atoms with E-state index in [2.05, 4.69) is 15.2 Å². The number of aryl methyl sites for hydroxylation is 1. The van der Waals surface area contributed by atoms with Crippen LogP contribution in [0.1, 0.15) is 16.1 Å². The predicted octanol–water partition coefficient (Wildman–Crippen LogP) is 4.17. The number of carbonyl (C=O) groups excluding carboxylic acids is 1. The molecule has 5 nitrogen and oxygen atoms in total. The summed E-state index contributed by atoms with van der Waals surface area (Å²) in [6.45, 7) is -1.23. The summed E-state index contributed by atoms with van der Waals surface area (Å²) >= 11 is 0. The molecule has 0 unspecified atom stereocenters. The average molecular weight is 361 g/mol. The SMILES string of the molecule is Cc1cc(NC(=O)c2cccc(OC(F)F)c2)n(-c2ccc(F)cc2)n1. The summed E-state index contributed by atoms with van der Waals surface area (Å²) in [4.78, 5) is 12.4. The second kappa shape index (κ2) is 7.30. The van der Waals surface area contributed by atoms with E-state index in [0.717, 1.165) is 0 Å². The first-order valence-electron chi connectivity index (χ1n) is 7.61. The van der Waals surface area contributed by atoms with Gasteiger partial charge in [-0.05, 0) is 49.4 Å². The van der Waals surface area contributed by atoms with Crippen LogP contribution in [0.3, 0.4) is 0 Å². The van der Waals surface area contributed by atoms with E-state index in [1.165, 1.54) is 53.2 Å². The molecule has 0 aliphatic carbocycles. The number of nitrogens with one attached hydrogen (secondary N) is 1. The monoisotopic (exact) mass is 361 g/mol. The highest BCUT2D eigenvalue weighted by Crippen LogP contribution is 2.20. The molecule has 26 heavy (non-hydrogen) atoms. The topological polar surface area (TPSA) is 56.1 Å². The van der Waals surface area contributed by atoms with Gasteiger partial charge in [0.2, 0.25) is 0 Å². The Kier molecular flexibility index (Phi) is 4.92. The molecular formula is C18H14F3N3O2. The molecule has 0 radical (unpaired) electrons. The Labute approximate surface area is 147 Å². The molecule has 2 aromatic carbocycles. The molecule has 0 fully saturated rings. The van der Waals surface area contributed by atoms with Crippen molar-refractivity contribution in [1.82, 2.24) is 9.78 Å².